The van der Waals surface area contributed by atoms with Crippen LogP contribution < -0.4 is 14.8 Å². The number of aliphatic hydroxyl groups is 1. The smallest absolute Gasteiger partial charge is 0.163 e. The van der Waals surface area contributed by atoms with Gasteiger partial charge in [0, 0.05) is 11.8 Å². The molecule has 1 aromatic rings. The number of hydrogen-bond donors (Lipinski definition) is 2. The minimum absolute atomic E-state index is 0.135. The summed E-state index contributed by atoms with van der Waals surface area (Å²) in [6.45, 7) is 5.14. The van der Waals surface area contributed by atoms with Crippen LogP contribution in [-0.2, 0) is 0 Å². The maximum Gasteiger partial charge on any atom is 0.163 e. The van der Waals surface area contributed by atoms with E-state index in [1.165, 1.54) is 6.42 Å². The van der Waals surface area contributed by atoms with E-state index >= 15 is 0 Å². The zero-order valence-corrected chi connectivity index (χ0v) is 12.4. The summed E-state index contributed by atoms with van der Waals surface area (Å²) in [5, 5.41) is 13.4. The summed E-state index contributed by atoms with van der Waals surface area (Å²) >= 11 is 0. The number of anilines is 1. The summed E-state index contributed by atoms with van der Waals surface area (Å²) < 4.78 is 11.2. The third-order valence-electron chi connectivity index (χ3n) is 3.62. The van der Waals surface area contributed by atoms with Gasteiger partial charge in [0.1, 0.15) is 0 Å². The van der Waals surface area contributed by atoms with Crippen LogP contribution in [0.15, 0.2) is 18.2 Å². The molecule has 0 bridgehead atoms. The minimum atomic E-state index is -0.258. The van der Waals surface area contributed by atoms with E-state index in [1.54, 1.807) is 0 Å². The van der Waals surface area contributed by atoms with E-state index in [-0.39, 0.29) is 12.1 Å². The highest BCUT2D eigenvalue weighted by Gasteiger charge is 2.22. The number of ether oxygens (including phenoxy) is 2. The largest absolute Gasteiger partial charge is 0.490 e. The Labute approximate surface area is 121 Å². The van der Waals surface area contributed by atoms with Crippen LogP contribution in [0, 0.1) is 0 Å². The van der Waals surface area contributed by atoms with Gasteiger partial charge in [0.2, 0.25) is 0 Å². The maximum absolute atomic E-state index is 10.0. The molecule has 0 saturated heterocycles. The SMILES string of the molecule is CCOc1ccc(NC2CCCCC2O)cc1OCC. The Balaban J connectivity index is 2.09. The van der Waals surface area contributed by atoms with E-state index in [1.807, 2.05) is 32.0 Å². The van der Waals surface area contributed by atoms with Crippen LogP contribution in [0.2, 0.25) is 0 Å². The molecule has 4 nitrogen and oxygen atoms in total. The van der Waals surface area contributed by atoms with E-state index in [2.05, 4.69) is 5.32 Å². The molecular formula is C16H25NO3. The molecule has 20 heavy (non-hydrogen) atoms. The summed E-state index contributed by atoms with van der Waals surface area (Å²) in [5.74, 6) is 1.52. The van der Waals surface area contributed by atoms with Gasteiger partial charge in [-0.3, -0.25) is 0 Å². The van der Waals surface area contributed by atoms with Crippen molar-refractivity contribution in [3.63, 3.8) is 0 Å². The van der Waals surface area contributed by atoms with Gasteiger partial charge in [0.15, 0.2) is 11.5 Å². The molecule has 1 aromatic carbocycles. The maximum atomic E-state index is 10.0. The van der Waals surface area contributed by atoms with E-state index in [9.17, 15) is 5.11 Å². The fourth-order valence-corrected chi connectivity index (χ4v) is 2.63. The topological polar surface area (TPSA) is 50.7 Å². The van der Waals surface area contributed by atoms with E-state index in [0.29, 0.717) is 13.2 Å². The third-order valence-corrected chi connectivity index (χ3v) is 3.62. The molecular weight excluding hydrogens is 254 g/mol. The Hall–Kier alpha value is -1.42. The molecule has 1 saturated carbocycles. The summed E-state index contributed by atoms with van der Waals surface area (Å²) in [6.07, 6.45) is 3.92. The zero-order valence-electron chi connectivity index (χ0n) is 12.4. The lowest BCUT2D eigenvalue weighted by molar-refractivity contribution is 0.116. The van der Waals surface area contributed by atoms with E-state index in [0.717, 1.165) is 36.4 Å². The second-order valence-electron chi connectivity index (χ2n) is 5.13. The monoisotopic (exact) mass is 279 g/mol. The quantitative estimate of drug-likeness (QED) is 0.839. The lowest BCUT2D eigenvalue weighted by Crippen LogP contribution is -2.36. The van der Waals surface area contributed by atoms with Gasteiger partial charge in [0.25, 0.3) is 0 Å². The molecule has 0 radical (unpaired) electrons. The molecule has 1 aliphatic carbocycles. The molecule has 112 valence electrons. The molecule has 0 aromatic heterocycles. The average Bonchev–Trinajstić information content (AvgIpc) is 2.45. The lowest BCUT2D eigenvalue weighted by atomic mass is 9.92. The van der Waals surface area contributed by atoms with Gasteiger partial charge in [0.05, 0.1) is 25.4 Å². The first-order valence-corrected chi connectivity index (χ1v) is 7.58. The molecule has 2 atom stereocenters. The van der Waals surface area contributed by atoms with Crippen molar-refractivity contribution in [2.24, 2.45) is 0 Å². The summed E-state index contributed by atoms with van der Waals surface area (Å²) in [7, 11) is 0. The van der Waals surface area contributed by atoms with E-state index < -0.39 is 0 Å². The molecule has 1 aliphatic rings. The Morgan fingerprint density at radius 3 is 2.50 bits per heavy atom. The van der Waals surface area contributed by atoms with Crippen molar-refractivity contribution in [1.82, 2.24) is 0 Å². The summed E-state index contributed by atoms with van der Waals surface area (Å²) in [6, 6.07) is 5.99. The highest BCUT2D eigenvalue weighted by atomic mass is 16.5. The van der Waals surface area contributed by atoms with Crippen molar-refractivity contribution in [2.75, 3.05) is 18.5 Å². The van der Waals surface area contributed by atoms with Gasteiger partial charge >= 0.3 is 0 Å². The second-order valence-corrected chi connectivity index (χ2v) is 5.13. The molecule has 0 aliphatic heterocycles. The van der Waals surface area contributed by atoms with Crippen molar-refractivity contribution in [3.8, 4) is 11.5 Å². The predicted octanol–water partition coefficient (Wildman–Crippen LogP) is 3.20. The van der Waals surface area contributed by atoms with Crippen LogP contribution in [-0.4, -0.2) is 30.5 Å². The van der Waals surface area contributed by atoms with Gasteiger partial charge in [-0.1, -0.05) is 12.8 Å². The van der Waals surface area contributed by atoms with Crippen molar-refractivity contribution in [1.29, 1.82) is 0 Å². The first-order valence-electron chi connectivity index (χ1n) is 7.58. The molecule has 4 heteroatoms. The van der Waals surface area contributed by atoms with Crippen LogP contribution in [0.4, 0.5) is 5.69 Å². The zero-order chi connectivity index (χ0) is 14.4. The van der Waals surface area contributed by atoms with Gasteiger partial charge < -0.3 is 19.9 Å². The van der Waals surface area contributed by atoms with Crippen LogP contribution in [0.25, 0.3) is 0 Å². The van der Waals surface area contributed by atoms with Crippen molar-refractivity contribution in [2.45, 2.75) is 51.7 Å². The molecule has 2 N–H and O–H groups in total. The van der Waals surface area contributed by atoms with Crippen LogP contribution in [0.5, 0.6) is 11.5 Å². The number of benzene rings is 1. The molecule has 0 amide bonds. The minimum Gasteiger partial charge on any atom is -0.490 e. The molecule has 2 unspecified atom stereocenters. The van der Waals surface area contributed by atoms with E-state index in [4.69, 9.17) is 9.47 Å². The van der Waals surface area contributed by atoms with Crippen LogP contribution in [0.1, 0.15) is 39.5 Å². The Morgan fingerprint density at radius 2 is 1.80 bits per heavy atom. The Bertz CT molecular complexity index is 422. The predicted molar refractivity (Wildman–Crippen MR) is 80.7 cm³/mol. The van der Waals surface area contributed by atoms with Crippen LogP contribution in [0.3, 0.4) is 0 Å². The lowest BCUT2D eigenvalue weighted by Gasteiger charge is -2.29. The third kappa shape index (κ3) is 3.79. The van der Waals surface area contributed by atoms with Crippen LogP contribution >= 0.6 is 0 Å². The van der Waals surface area contributed by atoms with Gasteiger partial charge in [-0.25, -0.2) is 0 Å². The first-order chi connectivity index (χ1) is 9.74. The molecule has 0 spiro atoms. The normalized spacial score (nSPS) is 22.4. The number of hydrogen-bond acceptors (Lipinski definition) is 4. The Morgan fingerprint density at radius 1 is 1.10 bits per heavy atom. The molecule has 2 rings (SSSR count). The average molecular weight is 279 g/mol. The summed E-state index contributed by atoms with van der Waals surface area (Å²) in [5.41, 5.74) is 0.975. The highest BCUT2D eigenvalue weighted by Crippen LogP contribution is 2.32. The first kappa shape index (κ1) is 15.0. The second kappa shape index (κ2) is 7.39. The fourth-order valence-electron chi connectivity index (χ4n) is 2.63. The van der Waals surface area contributed by atoms with Crippen molar-refractivity contribution in [3.05, 3.63) is 18.2 Å². The standard InChI is InChI=1S/C16H25NO3/c1-3-19-15-10-9-12(11-16(15)20-4-2)17-13-7-5-6-8-14(13)18/h9-11,13-14,17-18H,3-8H2,1-2H3. The van der Waals surface area contributed by atoms with Gasteiger partial charge in [-0.15, -0.1) is 0 Å². The molecule has 1 fully saturated rings. The number of rotatable bonds is 6. The highest BCUT2D eigenvalue weighted by molar-refractivity contribution is 5.55. The fraction of sp³-hybridized carbons (Fsp3) is 0.625. The van der Waals surface area contributed by atoms with Gasteiger partial charge in [-0.2, -0.15) is 0 Å². The Kier molecular flexibility index (Phi) is 5.53. The van der Waals surface area contributed by atoms with Gasteiger partial charge in [-0.05, 0) is 38.8 Å². The van der Waals surface area contributed by atoms with Crippen molar-refractivity contribution >= 4 is 5.69 Å². The number of aliphatic hydroxyl groups excluding tert-OH is 1. The summed E-state index contributed by atoms with van der Waals surface area (Å²) in [4.78, 5) is 0. The number of nitrogens with one attached hydrogen (secondary N) is 1. The van der Waals surface area contributed by atoms with Crippen molar-refractivity contribution < 1.29 is 14.6 Å². The molecule has 0 heterocycles.